The van der Waals surface area contributed by atoms with Gasteiger partial charge in [0.15, 0.2) is 5.82 Å². The molecular formula is C41H32N4. The summed E-state index contributed by atoms with van der Waals surface area (Å²) in [4.78, 5) is 18.0. The summed E-state index contributed by atoms with van der Waals surface area (Å²) in [5.41, 5.74) is 13.6. The van der Waals surface area contributed by atoms with Gasteiger partial charge in [-0.15, -0.1) is 0 Å². The average Bonchev–Trinajstić information content (AvgIpc) is 3.62. The van der Waals surface area contributed by atoms with E-state index in [2.05, 4.69) is 150 Å². The third-order valence-corrected chi connectivity index (χ3v) is 9.09. The quantitative estimate of drug-likeness (QED) is 0.221. The van der Waals surface area contributed by atoms with Gasteiger partial charge in [0.05, 0.1) is 5.41 Å². The first-order valence-electron chi connectivity index (χ1n) is 15.4. The Hall–Kier alpha value is -5.61. The summed E-state index contributed by atoms with van der Waals surface area (Å²) >= 11 is 0. The van der Waals surface area contributed by atoms with Crippen LogP contribution in [-0.4, -0.2) is 19.9 Å². The van der Waals surface area contributed by atoms with Crippen LogP contribution >= 0.6 is 0 Å². The van der Waals surface area contributed by atoms with Crippen molar-refractivity contribution in [1.82, 2.24) is 19.9 Å². The highest BCUT2D eigenvalue weighted by Crippen LogP contribution is 2.60. The van der Waals surface area contributed by atoms with E-state index >= 15 is 0 Å². The van der Waals surface area contributed by atoms with E-state index in [4.69, 9.17) is 9.97 Å². The van der Waals surface area contributed by atoms with Gasteiger partial charge in [-0.1, -0.05) is 127 Å². The van der Waals surface area contributed by atoms with Gasteiger partial charge in [0.2, 0.25) is 0 Å². The van der Waals surface area contributed by atoms with Crippen LogP contribution in [0, 0.1) is 20.8 Å². The second-order valence-corrected chi connectivity index (χ2v) is 11.8. The Morgan fingerprint density at radius 1 is 0.489 bits per heavy atom. The van der Waals surface area contributed by atoms with E-state index in [1.807, 2.05) is 13.8 Å². The van der Waals surface area contributed by atoms with Crippen LogP contribution in [0.15, 0.2) is 133 Å². The van der Waals surface area contributed by atoms with Gasteiger partial charge in [0.1, 0.15) is 11.6 Å². The number of H-pyrrole nitrogens is 1. The zero-order valence-electron chi connectivity index (χ0n) is 25.5. The molecule has 1 aliphatic carbocycles. The number of fused-ring (bicyclic) bond motifs is 3. The molecule has 4 nitrogen and oxygen atoms in total. The summed E-state index contributed by atoms with van der Waals surface area (Å²) in [7, 11) is 0. The van der Waals surface area contributed by atoms with Crippen LogP contribution in [-0.2, 0) is 5.41 Å². The van der Waals surface area contributed by atoms with Crippen molar-refractivity contribution in [2.75, 3.05) is 0 Å². The van der Waals surface area contributed by atoms with Gasteiger partial charge in [0.25, 0.3) is 0 Å². The average molecular weight is 581 g/mol. The minimum Gasteiger partial charge on any atom is -0.358 e. The predicted octanol–water partition coefficient (Wildman–Crippen LogP) is 9.49. The van der Waals surface area contributed by atoms with E-state index < -0.39 is 5.41 Å². The van der Waals surface area contributed by atoms with Crippen molar-refractivity contribution >= 4 is 0 Å². The lowest BCUT2D eigenvalue weighted by atomic mass is 9.67. The summed E-state index contributed by atoms with van der Waals surface area (Å²) in [5.74, 6) is 2.13. The first-order valence-corrected chi connectivity index (χ1v) is 15.4. The Bertz CT molecular complexity index is 2120. The monoisotopic (exact) mass is 580 g/mol. The maximum absolute atomic E-state index is 4.88. The molecule has 0 saturated carbocycles. The van der Waals surface area contributed by atoms with Crippen LogP contribution in [0.25, 0.3) is 44.9 Å². The summed E-state index contributed by atoms with van der Waals surface area (Å²) < 4.78 is 0. The van der Waals surface area contributed by atoms with Gasteiger partial charge in [-0.05, 0) is 71.3 Å². The third-order valence-electron chi connectivity index (χ3n) is 9.09. The Labute approximate surface area is 263 Å². The molecule has 45 heavy (non-hydrogen) atoms. The van der Waals surface area contributed by atoms with Crippen LogP contribution in [0.1, 0.15) is 39.6 Å². The highest BCUT2D eigenvalue weighted by atomic mass is 15.0. The highest BCUT2D eigenvalue weighted by molar-refractivity contribution is 6.01. The standard InChI is InChI=1S/C41H32N4/c1-26-34(25-37(42-26)29-15-7-4-8-16-29)32-21-13-23-35-38(32)39-33(40-44-27(2)43-28(3)45-40)22-14-24-36(39)41(35,30-17-9-5-10-18-30)31-19-11-6-12-20-31/h4-25,42H,1-3H3. The van der Waals surface area contributed by atoms with Gasteiger partial charge in [-0.2, -0.15) is 0 Å². The van der Waals surface area contributed by atoms with Gasteiger partial charge < -0.3 is 4.98 Å². The number of aromatic nitrogens is 4. The Morgan fingerprint density at radius 2 is 1.00 bits per heavy atom. The van der Waals surface area contributed by atoms with E-state index in [1.165, 1.54) is 50.1 Å². The van der Waals surface area contributed by atoms with Crippen molar-refractivity contribution < 1.29 is 0 Å². The number of nitrogens with one attached hydrogen (secondary N) is 1. The van der Waals surface area contributed by atoms with Gasteiger partial charge in [0, 0.05) is 22.5 Å². The van der Waals surface area contributed by atoms with Crippen molar-refractivity contribution in [3.05, 3.63) is 173 Å². The molecular weight excluding hydrogens is 548 g/mol. The van der Waals surface area contributed by atoms with Crippen LogP contribution < -0.4 is 0 Å². The molecule has 0 saturated heterocycles. The molecule has 0 amide bonds. The van der Waals surface area contributed by atoms with Gasteiger partial charge in [-0.3, -0.25) is 0 Å². The summed E-state index contributed by atoms with van der Waals surface area (Å²) in [6.07, 6.45) is 0. The summed E-state index contributed by atoms with van der Waals surface area (Å²) in [6, 6.07) is 48.0. The number of rotatable bonds is 5. The van der Waals surface area contributed by atoms with E-state index in [1.54, 1.807) is 0 Å². The number of hydrogen-bond acceptors (Lipinski definition) is 3. The highest BCUT2D eigenvalue weighted by Gasteiger charge is 2.48. The molecule has 0 atom stereocenters. The smallest absolute Gasteiger partial charge is 0.163 e. The molecule has 4 heteroatoms. The Morgan fingerprint density at radius 3 is 1.58 bits per heavy atom. The fourth-order valence-corrected chi connectivity index (χ4v) is 7.34. The first kappa shape index (κ1) is 27.0. The van der Waals surface area contributed by atoms with Crippen LogP contribution in [0.4, 0.5) is 0 Å². The molecule has 8 rings (SSSR count). The number of aryl methyl sites for hydroxylation is 3. The molecule has 0 bridgehead atoms. The largest absolute Gasteiger partial charge is 0.358 e. The molecule has 1 N–H and O–H groups in total. The van der Waals surface area contributed by atoms with Crippen molar-refractivity contribution in [3.63, 3.8) is 0 Å². The van der Waals surface area contributed by atoms with E-state index in [0.29, 0.717) is 17.5 Å². The normalized spacial score (nSPS) is 13.0. The molecule has 7 aromatic rings. The number of aromatic amines is 1. The third kappa shape index (κ3) is 4.17. The van der Waals surface area contributed by atoms with Crippen LogP contribution in [0.2, 0.25) is 0 Å². The molecule has 216 valence electrons. The molecule has 0 spiro atoms. The Balaban J connectivity index is 1.51. The SMILES string of the molecule is Cc1nc(C)nc(-c2cccc3c2-c2c(-c4cc(-c5ccccc5)[nH]c4C)cccc2C3(c2ccccc2)c2ccccc2)n1. The first-order chi connectivity index (χ1) is 22.1. The molecule has 1 aliphatic rings. The topological polar surface area (TPSA) is 54.5 Å². The zero-order chi connectivity index (χ0) is 30.5. The number of hydrogen-bond donors (Lipinski definition) is 1. The van der Waals surface area contributed by atoms with E-state index in [0.717, 1.165) is 17.0 Å². The van der Waals surface area contributed by atoms with Crippen LogP contribution in [0.5, 0.6) is 0 Å². The molecule has 0 radical (unpaired) electrons. The summed E-state index contributed by atoms with van der Waals surface area (Å²) in [6.45, 7) is 6.05. The second kappa shape index (κ2) is 10.5. The van der Waals surface area contributed by atoms with Crippen molar-refractivity contribution in [1.29, 1.82) is 0 Å². The Kier molecular flexibility index (Phi) is 6.31. The zero-order valence-corrected chi connectivity index (χ0v) is 25.5. The fraction of sp³-hybridized carbons (Fsp3) is 0.0976. The lowest BCUT2D eigenvalue weighted by molar-refractivity contribution is 0.768. The maximum Gasteiger partial charge on any atom is 0.163 e. The predicted molar refractivity (Wildman–Crippen MR) is 182 cm³/mol. The minimum absolute atomic E-state index is 0.539. The van der Waals surface area contributed by atoms with Crippen molar-refractivity contribution in [2.45, 2.75) is 26.2 Å². The molecule has 0 fully saturated rings. The molecule has 0 aliphatic heterocycles. The number of benzene rings is 5. The molecule has 2 heterocycles. The van der Waals surface area contributed by atoms with Crippen molar-refractivity contribution in [2.24, 2.45) is 0 Å². The van der Waals surface area contributed by atoms with E-state index in [-0.39, 0.29) is 0 Å². The second-order valence-electron chi connectivity index (χ2n) is 11.8. The molecule has 2 aromatic heterocycles. The van der Waals surface area contributed by atoms with Crippen molar-refractivity contribution in [3.8, 4) is 44.9 Å². The maximum atomic E-state index is 4.88. The molecule has 5 aromatic carbocycles. The van der Waals surface area contributed by atoms with E-state index in [9.17, 15) is 0 Å². The fourth-order valence-electron chi connectivity index (χ4n) is 7.34. The lowest BCUT2D eigenvalue weighted by Gasteiger charge is -2.34. The van der Waals surface area contributed by atoms with Crippen LogP contribution in [0.3, 0.4) is 0 Å². The minimum atomic E-state index is -0.539. The van der Waals surface area contributed by atoms with Gasteiger partial charge in [-0.25, -0.2) is 15.0 Å². The number of nitrogens with zero attached hydrogens (tertiary/aromatic N) is 3. The molecule has 0 unspecified atom stereocenters. The van der Waals surface area contributed by atoms with Gasteiger partial charge >= 0.3 is 0 Å². The summed E-state index contributed by atoms with van der Waals surface area (Å²) in [5, 5.41) is 0. The lowest BCUT2D eigenvalue weighted by Crippen LogP contribution is -2.28.